The van der Waals surface area contributed by atoms with Gasteiger partial charge in [-0.15, -0.1) is 0 Å². The fourth-order valence-electron chi connectivity index (χ4n) is 3.72. The number of aliphatic carboxylic acids is 1. The van der Waals surface area contributed by atoms with Crippen LogP contribution in [0.2, 0.25) is 0 Å². The largest absolute Gasteiger partial charge is 0.480 e. The Morgan fingerprint density at radius 2 is 1.96 bits per heavy atom. The van der Waals surface area contributed by atoms with Gasteiger partial charge in [0.2, 0.25) is 0 Å². The van der Waals surface area contributed by atoms with E-state index in [4.69, 9.17) is 0 Å². The van der Waals surface area contributed by atoms with E-state index in [0.29, 0.717) is 13.0 Å². The minimum atomic E-state index is -0.800. The van der Waals surface area contributed by atoms with Crippen molar-refractivity contribution < 1.29 is 14.3 Å². The molecule has 4 heteroatoms. The van der Waals surface area contributed by atoms with Crippen LogP contribution in [0.25, 0.3) is 0 Å². The lowest BCUT2D eigenvalue weighted by molar-refractivity contribution is -0.145. The molecule has 132 valence electrons. The number of benzene rings is 2. The molecule has 0 radical (unpaired) electrons. The summed E-state index contributed by atoms with van der Waals surface area (Å²) in [5.74, 6) is -1.09. The molecular formula is C21H24FNO2. The van der Waals surface area contributed by atoms with Crippen LogP contribution in [0.4, 0.5) is 4.39 Å². The second kappa shape index (κ2) is 7.79. The number of hydrogen-bond acceptors (Lipinski definition) is 2. The number of carbonyl (C=O) groups is 1. The molecule has 0 aliphatic carbocycles. The molecule has 1 heterocycles. The molecule has 0 bridgehead atoms. The summed E-state index contributed by atoms with van der Waals surface area (Å²) < 4.78 is 13.9. The van der Waals surface area contributed by atoms with Gasteiger partial charge in [0.1, 0.15) is 11.9 Å². The average molecular weight is 341 g/mol. The van der Waals surface area contributed by atoms with Gasteiger partial charge in [-0.25, -0.2) is 4.39 Å². The maximum absolute atomic E-state index is 13.9. The summed E-state index contributed by atoms with van der Waals surface area (Å²) in [6.45, 7) is 2.80. The number of nitrogens with zero attached hydrogens (tertiary/aromatic N) is 1. The normalized spacial score (nSPS) is 19.5. The zero-order valence-electron chi connectivity index (χ0n) is 14.5. The predicted molar refractivity (Wildman–Crippen MR) is 96.0 cm³/mol. The summed E-state index contributed by atoms with van der Waals surface area (Å²) >= 11 is 0. The van der Waals surface area contributed by atoms with E-state index < -0.39 is 12.0 Å². The van der Waals surface area contributed by atoms with Gasteiger partial charge in [0.05, 0.1) is 6.04 Å². The van der Waals surface area contributed by atoms with E-state index in [0.717, 1.165) is 30.4 Å². The van der Waals surface area contributed by atoms with Crippen LogP contribution >= 0.6 is 0 Å². The van der Waals surface area contributed by atoms with Crippen LogP contribution in [0.15, 0.2) is 48.5 Å². The number of aryl methyl sites for hydroxylation is 1. The van der Waals surface area contributed by atoms with E-state index >= 15 is 0 Å². The van der Waals surface area contributed by atoms with Crippen molar-refractivity contribution >= 4 is 5.97 Å². The highest BCUT2D eigenvalue weighted by Crippen LogP contribution is 2.34. The second-order valence-corrected chi connectivity index (χ2v) is 6.64. The van der Waals surface area contributed by atoms with E-state index in [1.54, 1.807) is 6.07 Å². The number of carboxylic acid groups (broad SMARTS) is 1. The van der Waals surface area contributed by atoms with Gasteiger partial charge in [-0.1, -0.05) is 49.7 Å². The number of piperidine rings is 1. The van der Waals surface area contributed by atoms with E-state index in [1.165, 1.54) is 17.7 Å². The van der Waals surface area contributed by atoms with Crippen LogP contribution in [0.5, 0.6) is 0 Å². The Bertz CT molecular complexity index is 729. The lowest BCUT2D eigenvalue weighted by Gasteiger charge is -2.39. The molecule has 0 saturated carbocycles. The maximum atomic E-state index is 13.9. The van der Waals surface area contributed by atoms with Gasteiger partial charge >= 0.3 is 5.97 Å². The Kier molecular flexibility index (Phi) is 5.49. The Hall–Kier alpha value is -2.20. The van der Waals surface area contributed by atoms with Crippen molar-refractivity contribution in [3.63, 3.8) is 0 Å². The minimum absolute atomic E-state index is 0.247. The van der Waals surface area contributed by atoms with Crippen molar-refractivity contribution in [3.8, 4) is 0 Å². The van der Waals surface area contributed by atoms with Gasteiger partial charge < -0.3 is 5.11 Å². The van der Waals surface area contributed by atoms with E-state index in [2.05, 4.69) is 19.1 Å². The smallest absolute Gasteiger partial charge is 0.320 e. The summed E-state index contributed by atoms with van der Waals surface area (Å²) in [4.78, 5) is 13.8. The van der Waals surface area contributed by atoms with Crippen LogP contribution in [0.1, 0.15) is 48.9 Å². The molecule has 1 aliphatic rings. The first-order valence-corrected chi connectivity index (χ1v) is 8.93. The Balaban J connectivity index is 2.05. The summed E-state index contributed by atoms with van der Waals surface area (Å²) in [5, 5.41) is 9.67. The number of hydrogen-bond donors (Lipinski definition) is 1. The molecule has 25 heavy (non-hydrogen) atoms. The fourth-order valence-corrected chi connectivity index (χ4v) is 3.72. The zero-order valence-corrected chi connectivity index (χ0v) is 14.5. The van der Waals surface area contributed by atoms with Gasteiger partial charge in [-0.3, -0.25) is 9.69 Å². The Morgan fingerprint density at radius 1 is 1.20 bits per heavy atom. The second-order valence-electron chi connectivity index (χ2n) is 6.64. The van der Waals surface area contributed by atoms with Crippen molar-refractivity contribution in [1.82, 2.24) is 4.90 Å². The number of likely N-dealkylation sites (tertiary alicyclic amines) is 1. The lowest BCUT2D eigenvalue weighted by atomic mass is 9.91. The van der Waals surface area contributed by atoms with Gasteiger partial charge in [0, 0.05) is 0 Å². The molecule has 2 unspecified atom stereocenters. The topological polar surface area (TPSA) is 40.5 Å². The summed E-state index contributed by atoms with van der Waals surface area (Å²) in [7, 11) is 0. The first-order valence-electron chi connectivity index (χ1n) is 8.93. The highest BCUT2D eigenvalue weighted by atomic mass is 19.1. The van der Waals surface area contributed by atoms with Crippen molar-refractivity contribution in [2.45, 2.75) is 44.7 Å². The maximum Gasteiger partial charge on any atom is 0.320 e. The molecular weight excluding hydrogens is 317 g/mol. The van der Waals surface area contributed by atoms with Crippen molar-refractivity contribution in [2.75, 3.05) is 6.54 Å². The highest BCUT2D eigenvalue weighted by molar-refractivity contribution is 5.73. The molecule has 1 saturated heterocycles. The summed E-state index contributed by atoms with van der Waals surface area (Å²) in [6, 6.07) is 14.0. The summed E-state index contributed by atoms with van der Waals surface area (Å²) in [5.41, 5.74) is 3.04. The molecule has 0 spiro atoms. The number of carboxylic acids is 1. The molecule has 3 nitrogen and oxygen atoms in total. The number of rotatable bonds is 5. The molecule has 1 aliphatic heterocycles. The van der Waals surface area contributed by atoms with Crippen LogP contribution in [0.3, 0.4) is 0 Å². The Labute approximate surface area is 148 Å². The molecule has 0 amide bonds. The third-order valence-corrected chi connectivity index (χ3v) is 5.03. The standard InChI is InChI=1S/C21H24FNO2/c1-2-15-9-11-16(12-10-15)20(17-6-5-7-18(22)14-17)23-13-4-3-8-19(23)21(24)25/h5-7,9-12,14,19-20H,2-4,8,13H2,1H3,(H,24,25). The fraction of sp³-hybridized carbons (Fsp3) is 0.381. The van der Waals surface area contributed by atoms with Gasteiger partial charge in [0.25, 0.3) is 0 Å². The van der Waals surface area contributed by atoms with E-state index in [1.807, 2.05) is 23.1 Å². The first kappa shape index (κ1) is 17.6. The van der Waals surface area contributed by atoms with Crippen LogP contribution in [-0.4, -0.2) is 28.6 Å². The SMILES string of the molecule is CCc1ccc(C(c2cccc(F)c2)N2CCCCC2C(=O)O)cc1. The van der Waals surface area contributed by atoms with Crippen LogP contribution in [-0.2, 0) is 11.2 Å². The van der Waals surface area contributed by atoms with Gasteiger partial charge in [-0.05, 0) is 54.6 Å². The lowest BCUT2D eigenvalue weighted by Crippen LogP contribution is -2.46. The van der Waals surface area contributed by atoms with Crippen molar-refractivity contribution in [2.24, 2.45) is 0 Å². The predicted octanol–water partition coefficient (Wildman–Crippen LogP) is 4.42. The summed E-state index contributed by atoms with van der Waals surface area (Å²) in [6.07, 6.45) is 3.46. The highest BCUT2D eigenvalue weighted by Gasteiger charge is 2.35. The third-order valence-electron chi connectivity index (χ3n) is 5.03. The third kappa shape index (κ3) is 3.90. The molecule has 2 atom stereocenters. The average Bonchev–Trinajstić information content (AvgIpc) is 2.63. The molecule has 2 aromatic carbocycles. The van der Waals surface area contributed by atoms with Gasteiger partial charge in [0.15, 0.2) is 0 Å². The monoisotopic (exact) mass is 341 g/mol. The Morgan fingerprint density at radius 3 is 2.60 bits per heavy atom. The first-order chi connectivity index (χ1) is 12.1. The molecule has 2 aromatic rings. The van der Waals surface area contributed by atoms with Crippen molar-refractivity contribution in [1.29, 1.82) is 0 Å². The van der Waals surface area contributed by atoms with Crippen LogP contribution in [0, 0.1) is 5.82 Å². The zero-order chi connectivity index (χ0) is 17.8. The van der Waals surface area contributed by atoms with Crippen molar-refractivity contribution in [3.05, 3.63) is 71.0 Å². The minimum Gasteiger partial charge on any atom is -0.480 e. The molecule has 1 N–H and O–H groups in total. The van der Waals surface area contributed by atoms with E-state index in [9.17, 15) is 14.3 Å². The van der Waals surface area contributed by atoms with Gasteiger partial charge in [-0.2, -0.15) is 0 Å². The molecule has 3 rings (SSSR count). The quantitative estimate of drug-likeness (QED) is 0.875. The molecule has 1 fully saturated rings. The van der Waals surface area contributed by atoms with Crippen LogP contribution < -0.4 is 0 Å². The molecule has 0 aromatic heterocycles. The number of halogens is 1. The van der Waals surface area contributed by atoms with E-state index in [-0.39, 0.29) is 11.9 Å².